The van der Waals surface area contributed by atoms with Crippen LogP contribution in [0, 0.1) is 0 Å². The first kappa shape index (κ1) is 22.2. The first-order valence-electron chi connectivity index (χ1n) is 8.07. The van der Waals surface area contributed by atoms with E-state index in [1.54, 1.807) is 20.3 Å². The van der Waals surface area contributed by atoms with Gasteiger partial charge in [0.25, 0.3) is 0 Å². The fraction of sp³-hybridized carbons (Fsp3) is 0.333. The number of carbonyl (C=O) groups is 1. The van der Waals surface area contributed by atoms with Crippen molar-refractivity contribution in [3.05, 3.63) is 46.6 Å². The number of amides is 1. The number of aromatic nitrogens is 1. The van der Waals surface area contributed by atoms with Crippen molar-refractivity contribution in [2.45, 2.75) is 17.6 Å². The molecule has 0 saturated carbocycles. The highest BCUT2D eigenvalue weighted by molar-refractivity contribution is 8.00. The summed E-state index contributed by atoms with van der Waals surface area (Å²) >= 11 is 6.79. The van der Waals surface area contributed by atoms with E-state index in [1.807, 2.05) is 12.1 Å². The molecular formula is C18H18ClF3N2O3S. The number of hydrogen-bond acceptors (Lipinski definition) is 5. The summed E-state index contributed by atoms with van der Waals surface area (Å²) in [5.41, 5.74) is 0.0271. The second-order valence-corrected chi connectivity index (χ2v) is 6.96. The summed E-state index contributed by atoms with van der Waals surface area (Å²) in [5, 5.41) is 2.77. The zero-order valence-electron chi connectivity index (χ0n) is 15.1. The van der Waals surface area contributed by atoms with Gasteiger partial charge in [-0.1, -0.05) is 29.4 Å². The van der Waals surface area contributed by atoms with Crippen molar-refractivity contribution >= 4 is 29.3 Å². The molecule has 1 heterocycles. The van der Waals surface area contributed by atoms with Crippen LogP contribution in [0.2, 0.25) is 5.02 Å². The molecule has 10 heteroatoms. The van der Waals surface area contributed by atoms with E-state index in [1.165, 1.54) is 0 Å². The van der Waals surface area contributed by atoms with Crippen LogP contribution in [0.15, 0.2) is 35.5 Å². The number of thioether (sulfide) groups is 1. The summed E-state index contributed by atoms with van der Waals surface area (Å²) in [6, 6.07) is 6.27. The van der Waals surface area contributed by atoms with Gasteiger partial charge in [-0.25, -0.2) is 4.98 Å². The van der Waals surface area contributed by atoms with Crippen molar-refractivity contribution in [3.63, 3.8) is 0 Å². The van der Waals surface area contributed by atoms with Gasteiger partial charge in [-0.2, -0.15) is 13.2 Å². The first-order chi connectivity index (χ1) is 13.2. The third-order valence-electron chi connectivity index (χ3n) is 3.66. The van der Waals surface area contributed by atoms with Gasteiger partial charge in [0.15, 0.2) is 11.5 Å². The number of hydrogen-bond donors (Lipinski definition) is 1. The molecule has 0 aliphatic heterocycles. The number of pyridine rings is 1. The third-order valence-corrected chi connectivity index (χ3v) is 5.06. The summed E-state index contributed by atoms with van der Waals surface area (Å²) in [6.07, 6.45) is -3.24. The van der Waals surface area contributed by atoms with Crippen LogP contribution in [-0.2, 0) is 17.4 Å². The minimum absolute atomic E-state index is 0.00990. The summed E-state index contributed by atoms with van der Waals surface area (Å²) in [4.78, 5) is 15.6. The Hall–Kier alpha value is -2.13. The van der Waals surface area contributed by atoms with Crippen molar-refractivity contribution in [1.82, 2.24) is 10.3 Å². The van der Waals surface area contributed by atoms with Crippen LogP contribution in [0.5, 0.6) is 11.5 Å². The molecule has 2 aromatic rings. The monoisotopic (exact) mass is 434 g/mol. The Bertz CT molecular complexity index is 834. The molecule has 0 aliphatic carbocycles. The molecule has 0 radical (unpaired) electrons. The molecule has 1 amide bonds. The standard InChI is InChI=1S/C18H18ClF3N2O3S/c1-26-14-4-3-11(7-15(14)27-2)5-6-23-16(25)10-28-17-13(19)8-12(9-24-17)18(20,21)22/h3-4,7-9H,5-6,10H2,1-2H3,(H,23,25). The summed E-state index contributed by atoms with van der Waals surface area (Å²) < 4.78 is 48.2. The number of halogens is 4. The van der Waals surface area contributed by atoms with Gasteiger partial charge in [-0.15, -0.1) is 0 Å². The normalized spacial score (nSPS) is 11.2. The highest BCUT2D eigenvalue weighted by Gasteiger charge is 2.31. The quantitative estimate of drug-likeness (QED) is 0.630. The van der Waals surface area contributed by atoms with Crippen molar-refractivity contribution in [1.29, 1.82) is 0 Å². The van der Waals surface area contributed by atoms with E-state index in [-0.39, 0.29) is 21.7 Å². The van der Waals surface area contributed by atoms with E-state index in [4.69, 9.17) is 21.1 Å². The Kier molecular flexibility index (Phi) is 7.82. The lowest BCUT2D eigenvalue weighted by Crippen LogP contribution is -2.27. The Morgan fingerprint density at radius 3 is 2.54 bits per heavy atom. The maximum atomic E-state index is 12.6. The lowest BCUT2D eigenvalue weighted by Gasteiger charge is -2.10. The molecule has 0 fully saturated rings. The Labute approximate surface area is 169 Å². The summed E-state index contributed by atoms with van der Waals surface area (Å²) in [5.74, 6) is 0.935. The molecule has 28 heavy (non-hydrogen) atoms. The largest absolute Gasteiger partial charge is 0.493 e. The summed E-state index contributed by atoms with van der Waals surface area (Å²) in [7, 11) is 3.09. The second-order valence-electron chi connectivity index (χ2n) is 5.59. The topological polar surface area (TPSA) is 60.5 Å². The lowest BCUT2D eigenvalue weighted by molar-refractivity contribution is -0.137. The van der Waals surface area contributed by atoms with E-state index in [9.17, 15) is 18.0 Å². The number of ether oxygens (including phenoxy) is 2. The average molecular weight is 435 g/mol. The van der Waals surface area contributed by atoms with Crippen molar-refractivity contribution in [2.75, 3.05) is 26.5 Å². The maximum absolute atomic E-state index is 12.6. The molecule has 2 rings (SSSR count). The number of nitrogens with one attached hydrogen (secondary N) is 1. The van der Waals surface area contributed by atoms with Gasteiger partial charge in [0, 0.05) is 12.7 Å². The van der Waals surface area contributed by atoms with Gasteiger partial charge >= 0.3 is 6.18 Å². The Balaban J connectivity index is 1.82. The predicted molar refractivity (Wildman–Crippen MR) is 101 cm³/mol. The molecule has 0 saturated heterocycles. The van der Waals surface area contributed by atoms with Crippen LogP contribution in [-0.4, -0.2) is 37.4 Å². The minimum Gasteiger partial charge on any atom is -0.493 e. The fourth-order valence-electron chi connectivity index (χ4n) is 2.25. The van der Waals surface area contributed by atoms with Crippen molar-refractivity contribution < 1.29 is 27.4 Å². The van der Waals surface area contributed by atoms with Crippen LogP contribution in [0.3, 0.4) is 0 Å². The predicted octanol–water partition coefficient (Wildman–Crippen LogP) is 4.22. The van der Waals surface area contributed by atoms with Crippen LogP contribution in [0.1, 0.15) is 11.1 Å². The van der Waals surface area contributed by atoms with E-state index in [2.05, 4.69) is 10.3 Å². The maximum Gasteiger partial charge on any atom is 0.417 e. The molecule has 0 bridgehead atoms. The number of nitrogens with zero attached hydrogens (tertiary/aromatic N) is 1. The average Bonchev–Trinajstić information content (AvgIpc) is 2.66. The molecule has 0 atom stereocenters. The molecule has 0 aliphatic rings. The molecule has 5 nitrogen and oxygen atoms in total. The number of carbonyl (C=O) groups excluding carboxylic acids is 1. The van der Waals surface area contributed by atoms with Crippen LogP contribution in [0.4, 0.5) is 13.2 Å². The van der Waals surface area contributed by atoms with Crippen LogP contribution < -0.4 is 14.8 Å². The first-order valence-corrected chi connectivity index (χ1v) is 9.44. The molecule has 0 spiro atoms. The van der Waals surface area contributed by atoms with Crippen LogP contribution in [0.25, 0.3) is 0 Å². The molecule has 1 aromatic heterocycles. The van der Waals surface area contributed by atoms with Crippen LogP contribution >= 0.6 is 23.4 Å². The van der Waals surface area contributed by atoms with Gasteiger partial charge in [0.2, 0.25) is 5.91 Å². The Morgan fingerprint density at radius 1 is 1.21 bits per heavy atom. The second kappa shape index (κ2) is 9.88. The van der Waals surface area contributed by atoms with Gasteiger partial charge < -0.3 is 14.8 Å². The number of methoxy groups -OCH3 is 2. The van der Waals surface area contributed by atoms with E-state index >= 15 is 0 Å². The SMILES string of the molecule is COc1ccc(CCNC(=O)CSc2ncc(C(F)(F)F)cc2Cl)cc1OC. The molecular weight excluding hydrogens is 417 g/mol. The number of alkyl halides is 3. The summed E-state index contributed by atoms with van der Waals surface area (Å²) in [6.45, 7) is 0.392. The fourth-order valence-corrected chi connectivity index (χ4v) is 3.28. The lowest BCUT2D eigenvalue weighted by atomic mass is 10.1. The zero-order valence-corrected chi connectivity index (χ0v) is 16.7. The molecule has 0 unspecified atom stereocenters. The molecule has 152 valence electrons. The van der Waals surface area contributed by atoms with Gasteiger partial charge in [-0.05, 0) is 30.2 Å². The van der Waals surface area contributed by atoms with E-state index in [0.717, 1.165) is 23.4 Å². The third kappa shape index (κ3) is 6.20. The molecule has 1 aromatic carbocycles. The minimum atomic E-state index is -4.51. The number of rotatable bonds is 8. The van der Waals surface area contributed by atoms with E-state index < -0.39 is 11.7 Å². The highest BCUT2D eigenvalue weighted by Crippen LogP contribution is 2.33. The van der Waals surface area contributed by atoms with Crippen molar-refractivity contribution in [3.8, 4) is 11.5 Å². The Morgan fingerprint density at radius 2 is 1.93 bits per heavy atom. The molecule has 1 N–H and O–H groups in total. The van der Waals surface area contributed by atoms with E-state index in [0.29, 0.717) is 30.7 Å². The highest BCUT2D eigenvalue weighted by atomic mass is 35.5. The van der Waals surface area contributed by atoms with Gasteiger partial charge in [-0.3, -0.25) is 4.79 Å². The van der Waals surface area contributed by atoms with Crippen molar-refractivity contribution in [2.24, 2.45) is 0 Å². The number of benzene rings is 1. The van der Waals surface area contributed by atoms with Gasteiger partial charge in [0.05, 0.1) is 30.6 Å². The smallest absolute Gasteiger partial charge is 0.417 e. The zero-order chi connectivity index (χ0) is 20.7. The van der Waals surface area contributed by atoms with Gasteiger partial charge in [0.1, 0.15) is 5.03 Å².